The molecule has 0 radical (unpaired) electrons. The van der Waals surface area contributed by atoms with Crippen LogP contribution in [0.25, 0.3) is 10.2 Å². The highest BCUT2D eigenvalue weighted by atomic mass is 35.5. The van der Waals surface area contributed by atoms with Gasteiger partial charge in [0, 0.05) is 11.6 Å². The molecular weight excluding hydrogens is 552 g/mol. The maximum absolute atomic E-state index is 13.2. The lowest BCUT2D eigenvalue weighted by molar-refractivity contribution is -0.141. The summed E-state index contributed by atoms with van der Waals surface area (Å²) in [4.78, 5) is 29.4. The van der Waals surface area contributed by atoms with E-state index in [1.807, 2.05) is 0 Å². The molecule has 1 aromatic heterocycles. The average molecular weight is 573 g/mol. The molecule has 11 nitrogen and oxygen atoms in total. The van der Waals surface area contributed by atoms with Crippen molar-refractivity contribution in [2.75, 3.05) is 13.7 Å². The van der Waals surface area contributed by atoms with Crippen LogP contribution in [0.2, 0.25) is 5.02 Å². The number of carbonyl (C=O) groups excluding carboxylic acids is 2. The number of ether oxygens (including phenoxy) is 1. The molecule has 3 aromatic rings. The molecule has 1 saturated heterocycles. The van der Waals surface area contributed by atoms with Crippen LogP contribution >= 0.6 is 22.9 Å². The van der Waals surface area contributed by atoms with Gasteiger partial charge in [0.05, 0.1) is 27.1 Å². The van der Waals surface area contributed by atoms with Gasteiger partial charge in [0.15, 0.2) is 4.80 Å². The number of sulfonamides is 2. The second-order valence-electron chi connectivity index (χ2n) is 7.90. The highest BCUT2D eigenvalue weighted by molar-refractivity contribution is 7.89. The first-order chi connectivity index (χ1) is 16.9. The van der Waals surface area contributed by atoms with E-state index in [4.69, 9.17) is 21.5 Å². The van der Waals surface area contributed by atoms with Gasteiger partial charge in [-0.15, -0.1) is 0 Å². The highest BCUT2D eigenvalue weighted by Crippen LogP contribution is 2.28. The fraction of sp³-hybridized carbons (Fsp3) is 0.286. The standard InChI is InChI=1S/C21H21ClN4O7S3/c1-33-19(27)12-25-16-9-8-15(35(23,29)30)11-18(16)34-21(25)24-20(28)17-3-2-10-26(17)36(31,32)14-6-4-13(22)5-7-14/h4-9,11,17H,2-3,10,12H2,1H3,(H2,23,29,30). The summed E-state index contributed by atoms with van der Waals surface area (Å²) in [5, 5.41) is 5.60. The van der Waals surface area contributed by atoms with Crippen molar-refractivity contribution in [3.8, 4) is 0 Å². The molecule has 1 unspecified atom stereocenters. The van der Waals surface area contributed by atoms with E-state index in [2.05, 4.69) is 4.99 Å². The third-order valence-electron chi connectivity index (χ3n) is 5.61. The Bertz CT molecular complexity index is 1630. The number of amides is 1. The molecule has 1 aliphatic rings. The summed E-state index contributed by atoms with van der Waals surface area (Å²) >= 11 is 6.83. The van der Waals surface area contributed by atoms with E-state index in [0.29, 0.717) is 21.7 Å². The monoisotopic (exact) mass is 572 g/mol. The largest absolute Gasteiger partial charge is 0.468 e. The summed E-state index contributed by atoms with van der Waals surface area (Å²) in [5.41, 5.74) is 0.432. The molecule has 2 N–H and O–H groups in total. The zero-order valence-electron chi connectivity index (χ0n) is 18.8. The second-order valence-corrected chi connectivity index (χ2v) is 12.8. The van der Waals surface area contributed by atoms with E-state index in [-0.39, 0.29) is 34.1 Å². The van der Waals surface area contributed by atoms with Gasteiger partial charge in [-0.2, -0.15) is 9.30 Å². The van der Waals surface area contributed by atoms with Gasteiger partial charge in [0.25, 0.3) is 5.91 Å². The van der Waals surface area contributed by atoms with E-state index in [1.165, 1.54) is 54.1 Å². The van der Waals surface area contributed by atoms with Crippen molar-refractivity contribution < 1.29 is 31.2 Å². The predicted molar refractivity (Wildman–Crippen MR) is 132 cm³/mol. The molecule has 1 aliphatic heterocycles. The second kappa shape index (κ2) is 10.0. The number of carbonyl (C=O) groups is 2. The number of thiazole rings is 1. The van der Waals surface area contributed by atoms with E-state index in [1.54, 1.807) is 0 Å². The van der Waals surface area contributed by atoms with Gasteiger partial charge in [-0.3, -0.25) is 9.59 Å². The van der Waals surface area contributed by atoms with Crippen LogP contribution in [0.15, 0.2) is 57.2 Å². The van der Waals surface area contributed by atoms with Crippen molar-refractivity contribution in [3.63, 3.8) is 0 Å². The number of hydrogen-bond donors (Lipinski definition) is 1. The molecule has 2 aromatic carbocycles. The van der Waals surface area contributed by atoms with Crippen LogP contribution in [0.4, 0.5) is 0 Å². The minimum absolute atomic E-state index is 0.00439. The maximum atomic E-state index is 13.2. The van der Waals surface area contributed by atoms with E-state index < -0.39 is 38.0 Å². The zero-order valence-corrected chi connectivity index (χ0v) is 22.0. The average Bonchev–Trinajstić information content (AvgIpc) is 3.44. The Kier molecular flexibility index (Phi) is 7.37. The fourth-order valence-electron chi connectivity index (χ4n) is 3.85. The molecule has 1 amide bonds. The molecule has 36 heavy (non-hydrogen) atoms. The van der Waals surface area contributed by atoms with E-state index in [9.17, 15) is 26.4 Å². The zero-order chi connectivity index (χ0) is 26.3. The Hall–Kier alpha value is -2.62. The first-order valence-corrected chi connectivity index (χ1v) is 14.7. The number of primary sulfonamides is 1. The van der Waals surface area contributed by atoms with E-state index >= 15 is 0 Å². The third kappa shape index (κ3) is 5.23. The summed E-state index contributed by atoms with van der Waals surface area (Å²) in [6.45, 7) is -0.155. The van der Waals surface area contributed by atoms with Crippen molar-refractivity contribution in [2.45, 2.75) is 35.2 Å². The molecule has 192 valence electrons. The van der Waals surface area contributed by atoms with E-state index in [0.717, 1.165) is 15.6 Å². The number of aromatic nitrogens is 1. The van der Waals surface area contributed by atoms with Crippen LogP contribution in [0.3, 0.4) is 0 Å². The minimum Gasteiger partial charge on any atom is -0.468 e. The molecule has 2 heterocycles. The molecule has 0 aliphatic carbocycles. The van der Waals surface area contributed by atoms with Gasteiger partial charge in [-0.25, -0.2) is 22.0 Å². The quantitative estimate of drug-likeness (QED) is 0.438. The number of benzene rings is 2. The Morgan fingerprint density at radius 1 is 1.14 bits per heavy atom. The molecule has 4 rings (SSSR count). The first-order valence-electron chi connectivity index (χ1n) is 10.5. The molecule has 1 fully saturated rings. The van der Waals surface area contributed by atoms with Gasteiger partial charge >= 0.3 is 5.97 Å². The number of methoxy groups -OCH3 is 1. The number of fused-ring (bicyclic) bond motifs is 1. The van der Waals surface area contributed by atoms with Crippen LogP contribution in [0.5, 0.6) is 0 Å². The Balaban J connectivity index is 1.77. The number of nitrogens with zero attached hydrogens (tertiary/aromatic N) is 3. The topological polar surface area (TPSA) is 158 Å². The maximum Gasteiger partial charge on any atom is 0.325 e. The molecule has 0 bridgehead atoms. The summed E-state index contributed by atoms with van der Waals surface area (Å²) < 4.78 is 57.6. The number of esters is 1. The van der Waals surface area contributed by atoms with Crippen molar-refractivity contribution in [1.29, 1.82) is 0 Å². The Morgan fingerprint density at radius 3 is 2.44 bits per heavy atom. The van der Waals surface area contributed by atoms with Crippen molar-refractivity contribution in [2.24, 2.45) is 10.1 Å². The highest BCUT2D eigenvalue weighted by Gasteiger charge is 2.39. The number of rotatable bonds is 6. The van der Waals surface area contributed by atoms with Crippen LogP contribution < -0.4 is 9.94 Å². The number of halogens is 1. The van der Waals surface area contributed by atoms with Gasteiger partial charge < -0.3 is 9.30 Å². The minimum atomic E-state index is -3.99. The van der Waals surface area contributed by atoms with Crippen molar-refractivity contribution in [1.82, 2.24) is 8.87 Å². The van der Waals surface area contributed by atoms with Gasteiger partial charge in [-0.1, -0.05) is 22.9 Å². The van der Waals surface area contributed by atoms with Crippen LogP contribution in [0, 0.1) is 0 Å². The summed E-state index contributed by atoms with van der Waals surface area (Å²) in [6.07, 6.45) is 0.734. The predicted octanol–water partition coefficient (Wildman–Crippen LogP) is 1.46. The summed E-state index contributed by atoms with van der Waals surface area (Å²) in [6, 6.07) is 8.65. The lowest BCUT2D eigenvalue weighted by Crippen LogP contribution is -2.40. The molecular formula is C21H21ClN4O7S3. The Morgan fingerprint density at radius 2 is 1.81 bits per heavy atom. The van der Waals surface area contributed by atoms with Crippen LogP contribution in [0.1, 0.15) is 12.8 Å². The molecule has 0 saturated carbocycles. The van der Waals surface area contributed by atoms with Crippen LogP contribution in [-0.2, 0) is 40.9 Å². The number of nitrogens with two attached hydrogens (primary N) is 1. The fourth-order valence-corrected chi connectivity index (χ4v) is 7.31. The van der Waals surface area contributed by atoms with Crippen molar-refractivity contribution >= 4 is 65.1 Å². The van der Waals surface area contributed by atoms with Gasteiger partial charge in [-0.05, 0) is 55.3 Å². The lowest BCUT2D eigenvalue weighted by atomic mass is 10.2. The molecule has 15 heteroatoms. The van der Waals surface area contributed by atoms with Crippen LogP contribution in [-0.4, -0.2) is 57.3 Å². The first kappa shape index (κ1) is 26.4. The molecule has 0 spiro atoms. The third-order valence-corrected chi connectivity index (χ3v) is 9.74. The summed E-state index contributed by atoms with van der Waals surface area (Å²) in [7, 11) is -6.77. The number of hydrogen-bond acceptors (Lipinski definition) is 8. The SMILES string of the molecule is COC(=O)Cn1c(=NC(=O)C2CCCN2S(=O)(=O)c2ccc(Cl)cc2)sc2cc(S(N)(=O)=O)ccc21. The Labute approximate surface area is 215 Å². The van der Waals surface area contributed by atoms with Gasteiger partial charge in [0.1, 0.15) is 12.6 Å². The molecule has 1 atom stereocenters. The smallest absolute Gasteiger partial charge is 0.325 e. The van der Waals surface area contributed by atoms with Gasteiger partial charge in [0.2, 0.25) is 20.0 Å². The normalized spacial score (nSPS) is 17.5. The lowest BCUT2D eigenvalue weighted by Gasteiger charge is -2.21. The van der Waals surface area contributed by atoms with Crippen molar-refractivity contribution in [3.05, 3.63) is 52.3 Å². The summed E-state index contributed by atoms with van der Waals surface area (Å²) in [5.74, 6) is -1.33.